The summed E-state index contributed by atoms with van der Waals surface area (Å²) in [5.41, 5.74) is 2.34. The smallest absolute Gasteiger partial charge is 0.332 e. The number of nitrogens with zero attached hydrogens (tertiary/aromatic N) is 5. The van der Waals surface area contributed by atoms with Crippen molar-refractivity contribution >= 4 is 17.1 Å². The Morgan fingerprint density at radius 2 is 1.77 bits per heavy atom. The second-order valence-electron chi connectivity index (χ2n) is 7.77. The van der Waals surface area contributed by atoms with Gasteiger partial charge >= 0.3 is 5.69 Å². The lowest BCUT2D eigenvalue weighted by Gasteiger charge is -2.26. The number of nitrogens with one attached hydrogen (secondary N) is 1. The van der Waals surface area contributed by atoms with Crippen molar-refractivity contribution in [2.24, 2.45) is 14.1 Å². The van der Waals surface area contributed by atoms with Crippen LogP contribution in [0.25, 0.3) is 11.2 Å². The van der Waals surface area contributed by atoms with Gasteiger partial charge in [0, 0.05) is 40.3 Å². The second-order valence-corrected chi connectivity index (χ2v) is 7.77. The van der Waals surface area contributed by atoms with Gasteiger partial charge in [0.15, 0.2) is 11.2 Å². The molecule has 0 bridgehead atoms. The molecule has 2 aromatic heterocycles. The molecular formula is C21H28N6O3. The molecule has 0 spiro atoms. The Morgan fingerprint density at radius 1 is 1.07 bits per heavy atom. The highest BCUT2D eigenvalue weighted by atomic mass is 16.5. The topological polar surface area (TPSA) is 86.3 Å². The number of ether oxygens (including phenoxy) is 1. The van der Waals surface area contributed by atoms with Crippen LogP contribution in [-0.4, -0.2) is 63.0 Å². The molecule has 0 radical (unpaired) electrons. The van der Waals surface area contributed by atoms with Crippen molar-refractivity contribution in [1.82, 2.24) is 23.6 Å². The molecule has 1 fully saturated rings. The van der Waals surface area contributed by atoms with Crippen molar-refractivity contribution in [3.8, 4) is 0 Å². The van der Waals surface area contributed by atoms with E-state index in [9.17, 15) is 9.59 Å². The van der Waals surface area contributed by atoms with Crippen LogP contribution in [-0.2, 0) is 25.4 Å². The summed E-state index contributed by atoms with van der Waals surface area (Å²) in [6, 6.07) is 8.19. The van der Waals surface area contributed by atoms with E-state index in [4.69, 9.17) is 4.74 Å². The van der Waals surface area contributed by atoms with E-state index < -0.39 is 0 Å². The number of hydrogen-bond acceptors (Lipinski definition) is 6. The molecular weight excluding hydrogens is 384 g/mol. The predicted octanol–water partition coefficient (Wildman–Crippen LogP) is 0.535. The minimum absolute atomic E-state index is 0.339. The summed E-state index contributed by atoms with van der Waals surface area (Å²) in [6.07, 6.45) is 0. The normalized spacial score (nSPS) is 15.0. The molecule has 1 aliphatic heterocycles. The van der Waals surface area contributed by atoms with Crippen molar-refractivity contribution in [2.75, 3.05) is 44.7 Å². The maximum absolute atomic E-state index is 12.9. The summed E-state index contributed by atoms with van der Waals surface area (Å²) in [5, 5.41) is 3.38. The maximum atomic E-state index is 12.9. The molecule has 0 amide bonds. The van der Waals surface area contributed by atoms with Crippen molar-refractivity contribution in [1.29, 1.82) is 0 Å². The van der Waals surface area contributed by atoms with Gasteiger partial charge in [0.2, 0.25) is 5.95 Å². The summed E-state index contributed by atoms with van der Waals surface area (Å²) < 4.78 is 9.83. The van der Waals surface area contributed by atoms with Crippen LogP contribution in [0.4, 0.5) is 5.95 Å². The monoisotopic (exact) mass is 412 g/mol. The fourth-order valence-electron chi connectivity index (χ4n) is 3.76. The summed E-state index contributed by atoms with van der Waals surface area (Å²) >= 11 is 0. The molecule has 1 aromatic carbocycles. The quantitative estimate of drug-likeness (QED) is 0.636. The van der Waals surface area contributed by atoms with Gasteiger partial charge in [-0.1, -0.05) is 29.8 Å². The van der Waals surface area contributed by atoms with Crippen molar-refractivity contribution in [2.45, 2.75) is 13.5 Å². The predicted molar refractivity (Wildman–Crippen MR) is 116 cm³/mol. The van der Waals surface area contributed by atoms with Gasteiger partial charge in [0.25, 0.3) is 5.56 Å². The summed E-state index contributed by atoms with van der Waals surface area (Å²) in [7, 11) is 3.14. The van der Waals surface area contributed by atoms with E-state index in [2.05, 4.69) is 15.2 Å². The highest BCUT2D eigenvalue weighted by Gasteiger charge is 2.19. The number of imidazole rings is 1. The van der Waals surface area contributed by atoms with Gasteiger partial charge in [0.1, 0.15) is 0 Å². The van der Waals surface area contributed by atoms with Crippen molar-refractivity contribution < 1.29 is 4.74 Å². The van der Waals surface area contributed by atoms with E-state index in [1.165, 1.54) is 17.2 Å². The van der Waals surface area contributed by atoms with Crippen LogP contribution in [0.5, 0.6) is 0 Å². The van der Waals surface area contributed by atoms with E-state index in [0.717, 1.165) is 43.0 Å². The van der Waals surface area contributed by atoms with Gasteiger partial charge in [-0.3, -0.25) is 23.4 Å². The Kier molecular flexibility index (Phi) is 5.74. The van der Waals surface area contributed by atoms with E-state index in [-0.39, 0.29) is 11.2 Å². The van der Waals surface area contributed by atoms with Crippen LogP contribution in [0.2, 0.25) is 0 Å². The fourth-order valence-corrected chi connectivity index (χ4v) is 3.76. The fraction of sp³-hybridized carbons (Fsp3) is 0.476. The zero-order valence-corrected chi connectivity index (χ0v) is 17.7. The number of hydrogen-bond donors (Lipinski definition) is 1. The first kappa shape index (κ1) is 20.4. The number of fused-ring (bicyclic) bond motifs is 1. The number of anilines is 1. The van der Waals surface area contributed by atoms with Crippen LogP contribution in [0, 0.1) is 6.92 Å². The average molecular weight is 412 g/mol. The lowest BCUT2D eigenvalue weighted by molar-refractivity contribution is 0.0398. The molecule has 3 aromatic rings. The van der Waals surface area contributed by atoms with Crippen molar-refractivity contribution in [3.63, 3.8) is 0 Å². The zero-order valence-electron chi connectivity index (χ0n) is 17.7. The van der Waals surface area contributed by atoms with Gasteiger partial charge < -0.3 is 10.1 Å². The SMILES string of the molecule is Cc1ccc(Cn2c(NCCN3CCOCC3)nc3c2c(=O)n(C)c(=O)n3C)cc1. The molecule has 30 heavy (non-hydrogen) atoms. The Balaban J connectivity index is 1.70. The van der Waals surface area contributed by atoms with Gasteiger partial charge in [-0.2, -0.15) is 4.98 Å². The molecule has 1 saturated heterocycles. The molecule has 4 rings (SSSR count). The van der Waals surface area contributed by atoms with E-state index in [1.54, 1.807) is 7.05 Å². The zero-order chi connectivity index (χ0) is 21.3. The first-order valence-electron chi connectivity index (χ1n) is 10.2. The highest BCUT2D eigenvalue weighted by Crippen LogP contribution is 2.18. The van der Waals surface area contributed by atoms with Gasteiger partial charge in [-0.15, -0.1) is 0 Å². The molecule has 9 nitrogen and oxygen atoms in total. The second kappa shape index (κ2) is 8.45. The molecule has 1 aliphatic rings. The minimum atomic E-state index is -0.382. The minimum Gasteiger partial charge on any atom is -0.379 e. The van der Waals surface area contributed by atoms with E-state index >= 15 is 0 Å². The third-order valence-electron chi connectivity index (χ3n) is 5.62. The third-order valence-corrected chi connectivity index (χ3v) is 5.62. The lowest BCUT2D eigenvalue weighted by atomic mass is 10.1. The lowest BCUT2D eigenvalue weighted by Crippen LogP contribution is -2.39. The number of morpholine rings is 1. The number of aryl methyl sites for hydroxylation is 2. The largest absolute Gasteiger partial charge is 0.379 e. The molecule has 0 saturated carbocycles. The average Bonchev–Trinajstić information content (AvgIpc) is 3.11. The Bertz CT molecular complexity index is 1150. The summed E-state index contributed by atoms with van der Waals surface area (Å²) in [5.74, 6) is 0.595. The first-order valence-corrected chi connectivity index (χ1v) is 10.2. The summed E-state index contributed by atoms with van der Waals surface area (Å²) in [6.45, 7) is 7.41. The van der Waals surface area contributed by atoms with Gasteiger partial charge in [-0.25, -0.2) is 4.79 Å². The number of aromatic nitrogens is 4. The van der Waals surface area contributed by atoms with Crippen LogP contribution in [0.15, 0.2) is 33.9 Å². The third kappa shape index (κ3) is 3.90. The Labute approximate surface area is 174 Å². The Morgan fingerprint density at radius 3 is 2.47 bits per heavy atom. The highest BCUT2D eigenvalue weighted by molar-refractivity contribution is 5.74. The van der Waals surface area contributed by atoms with E-state index in [0.29, 0.717) is 30.2 Å². The van der Waals surface area contributed by atoms with Gasteiger partial charge in [0.05, 0.1) is 19.8 Å². The summed E-state index contributed by atoms with van der Waals surface area (Å²) in [4.78, 5) is 32.3. The molecule has 0 atom stereocenters. The van der Waals surface area contributed by atoms with Crippen molar-refractivity contribution in [3.05, 3.63) is 56.2 Å². The van der Waals surface area contributed by atoms with E-state index in [1.807, 2.05) is 35.8 Å². The van der Waals surface area contributed by atoms with Crippen LogP contribution in [0.3, 0.4) is 0 Å². The maximum Gasteiger partial charge on any atom is 0.332 e. The molecule has 9 heteroatoms. The molecule has 160 valence electrons. The van der Waals surface area contributed by atoms with Crippen LogP contribution < -0.4 is 16.6 Å². The number of rotatable bonds is 6. The Hall–Kier alpha value is -2.91. The van der Waals surface area contributed by atoms with Crippen LogP contribution in [0.1, 0.15) is 11.1 Å². The standard InChI is InChI=1S/C21H28N6O3/c1-15-4-6-16(7-5-15)14-27-17-18(24(2)21(29)25(3)19(17)28)23-20(27)22-8-9-26-10-12-30-13-11-26/h4-7H,8-14H2,1-3H3,(H,22,23). The molecule has 0 aliphatic carbocycles. The van der Waals surface area contributed by atoms with Gasteiger partial charge in [-0.05, 0) is 12.5 Å². The molecule has 3 heterocycles. The first-order chi connectivity index (χ1) is 14.5. The van der Waals surface area contributed by atoms with Crippen LogP contribution >= 0.6 is 0 Å². The molecule has 1 N–H and O–H groups in total. The number of benzene rings is 1. The molecule has 0 unspecified atom stereocenters.